The summed E-state index contributed by atoms with van der Waals surface area (Å²) in [7, 11) is 0. The van der Waals surface area contributed by atoms with Gasteiger partial charge in [0.25, 0.3) is 5.56 Å². The molecule has 3 N–H and O–H groups in total. The van der Waals surface area contributed by atoms with Gasteiger partial charge < -0.3 is 10.2 Å². The van der Waals surface area contributed by atoms with Gasteiger partial charge in [0.15, 0.2) is 5.82 Å². The minimum absolute atomic E-state index is 0.119. The van der Waals surface area contributed by atoms with E-state index in [2.05, 4.69) is 19.2 Å². The molecule has 124 valence electrons. The van der Waals surface area contributed by atoms with Crippen molar-refractivity contribution in [1.82, 2.24) is 9.55 Å². The molecule has 1 aromatic heterocycles. The number of piperazine rings is 1. The highest BCUT2D eigenvalue weighted by molar-refractivity contribution is 5.77. The predicted octanol–water partition coefficient (Wildman–Crippen LogP) is -0.280. The van der Waals surface area contributed by atoms with Crippen LogP contribution in [-0.4, -0.2) is 35.7 Å². The Morgan fingerprint density at radius 2 is 2.00 bits per heavy atom. The van der Waals surface area contributed by atoms with E-state index in [1.165, 1.54) is 0 Å². The Morgan fingerprint density at radius 3 is 2.70 bits per heavy atom. The number of fused-ring (bicyclic) bond motifs is 1. The van der Waals surface area contributed by atoms with Crippen LogP contribution in [0.2, 0.25) is 0 Å². The molecular formula is C18H28N4O+2. The second-order valence-corrected chi connectivity index (χ2v) is 6.43. The van der Waals surface area contributed by atoms with Gasteiger partial charge in [-0.1, -0.05) is 26.0 Å². The molecule has 23 heavy (non-hydrogen) atoms. The van der Waals surface area contributed by atoms with E-state index < -0.39 is 0 Å². The first-order valence-electron chi connectivity index (χ1n) is 8.92. The third-order valence-electron chi connectivity index (χ3n) is 4.89. The van der Waals surface area contributed by atoms with Crippen molar-refractivity contribution in [3.8, 4) is 0 Å². The summed E-state index contributed by atoms with van der Waals surface area (Å²) in [5.74, 6) is 0.981. The maximum absolute atomic E-state index is 12.9. The van der Waals surface area contributed by atoms with Crippen molar-refractivity contribution in [2.45, 2.75) is 39.3 Å². The van der Waals surface area contributed by atoms with Crippen LogP contribution in [0.1, 0.15) is 38.6 Å². The SMILES string of the molecule is CCCn1c([C@@H](CC)[NH+]2CC[NH2+]CC2)nc2ccccc2c1=O. The lowest BCUT2D eigenvalue weighted by Crippen LogP contribution is -3.20. The van der Waals surface area contributed by atoms with Crippen molar-refractivity contribution in [3.63, 3.8) is 0 Å². The van der Waals surface area contributed by atoms with Crippen LogP contribution >= 0.6 is 0 Å². The Hall–Kier alpha value is -1.72. The van der Waals surface area contributed by atoms with Gasteiger partial charge in [-0.15, -0.1) is 0 Å². The van der Waals surface area contributed by atoms with E-state index in [4.69, 9.17) is 4.98 Å². The number of nitrogens with two attached hydrogens (primary N) is 1. The van der Waals surface area contributed by atoms with E-state index in [-0.39, 0.29) is 5.56 Å². The first kappa shape index (κ1) is 16.1. The number of nitrogens with one attached hydrogen (secondary N) is 1. The highest BCUT2D eigenvalue weighted by atomic mass is 16.1. The molecule has 0 amide bonds. The van der Waals surface area contributed by atoms with Crippen molar-refractivity contribution in [3.05, 3.63) is 40.4 Å². The molecule has 0 spiro atoms. The number of para-hydroxylation sites is 1. The summed E-state index contributed by atoms with van der Waals surface area (Å²) in [6.07, 6.45) is 1.97. The Kier molecular flexibility index (Phi) is 5.08. The lowest BCUT2D eigenvalue weighted by molar-refractivity contribution is -0.973. The number of benzene rings is 1. The second-order valence-electron chi connectivity index (χ2n) is 6.43. The van der Waals surface area contributed by atoms with Crippen LogP contribution in [0, 0.1) is 0 Å². The molecule has 1 aromatic carbocycles. The van der Waals surface area contributed by atoms with Gasteiger partial charge in [-0.25, -0.2) is 4.98 Å². The zero-order valence-electron chi connectivity index (χ0n) is 14.2. The lowest BCUT2D eigenvalue weighted by Gasteiger charge is -2.30. The minimum atomic E-state index is 0.119. The van der Waals surface area contributed by atoms with Gasteiger partial charge in [0.05, 0.1) is 10.9 Å². The number of hydrogen-bond donors (Lipinski definition) is 2. The second kappa shape index (κ2) is 7.23. The van der Waals surface area contributed by atoms with Gasteiger partial charge in [-0.3, -0.25) is 9.36 Å². The predicted molar refractivity (Wildman–Crippen MR) is 91.7 cm³/mol. The normalized spacial score (nSPS) is 17.5. The van der Waals surface area contributed by atoms with E-state index in [9.17, 15) is 4.79 Å². The van der Waals surface area contributed by atoms with Crippen LogP contribution in [0.15, 0.2) is 29.1 Å². The number of aromatic nitrogens is 2. The van der Waals surface area contributed by atoms with Crippen LogP contribution in [0.5, 0.6) is 0 Å². The molecule has 1 atom stereocenters. The highest BCUT2D eigenvalue weighted by Gasteiger charge is 2.30. The van der Waals surface area contributed by atoms with Crippen LogP contribution in [0.25, 0.3) is 10.9 Å². The average molecular weight is 316 g/mol. The summed E-state index contributed by atoms with van der Waals surface area (Å²) in [6, 6.07) is 8.05. The molecule has 5 nitrogen and oxygen atoms in total. The Labute approximate surface area is 137 Å². The Balaban J connectivity index is 2.13. The van der Waals surface area contributed by atoms with Crippen LogP contribution in [0.3, 0.4) is 0 Å². The van der Waals surface area contributed by atoms with Crippen molar-refractivity contribution in [2.24, 2.45) is 0 Å². The lowest BCUT2D eigenvalue weighted by atomic mass is 10.1. The van der Waals surface area contributed by atoms with Crippen molar-refractivity contribution >= 4 is 10.9 Å². The Morgan fingerprint density at radius 1 is 1.26 bits per heavy atom. The molecule has 0 aliphatic carbocycles. The fourth-order valence-electron chi connectivity index (χ4n) is 3.74. The van der Waals surface area contributed by atoms with Gasteiger partial charge in [-0.2, -0.15) is 0 Å². The summed E-state index contributed by atoms with van der Waals surface area (Å²) in [6.45, 7) is 9.71. The molecule has 1 fully saturated rings. The number of quaternary nitrogens is 2. The molecule has 0 radical (unpaired) electrons. The van der Waals surface area contributed by atoms with Crippen molar-refractivity contribution in [2.75, 3.05) is 26.2 Å². The highest BCUT2D eigenvalue weighted by Crippen LogP contribution is 2.15. The van der Waals surface area contributed by atoms with Gasteiger partial charge in [0.1, 0.15) is 32.2 Å². The summed E-state index contributed by atoms with van der Waals surface area (Å²) < 4.78 is 1.93. The summed E-state index contributed by atoms with van der Waals surface area (Å²) in [4.78, 5) is 19.5. The summed E-state index contributed by atoms with van der Waals surface area (Å²) in [5.41, 5.74) is 0.954. The number of rotatable bonds is 5. The van der Waals surface area contributed by atoms with E-state index >= 15 is 0 Å². The molecule has 0 saturated carbocycles. The van der Waals surface area contributed by atoms with E-state index in [1.807, 2.05) is 28.8 Å². The fraction of sp³-hybridized carbons (Fsp3) is 0.556. The summed E-state index contributed by atoms with van der Waals surface area (Å²) >= 11 is 0. The smallest absolute Gasteiger partial charge is 0.261 e. The molecular weight excluding hydrogens is 288 g/mol. The quantitative estimate of drug-likeness (QED) is 0.797. The minimum Gasteiger partial charge on any atom is -0.337 e. The topological polar surface area (TPSA) is 55.9 Å². The molecule has 5 heteroatoms. The molecule has 1 aliphatic rings. The fourth-order valence-corrected chi connectivity index (χ4v) is 3.74. The summed E-state index contributed by atoms with van der Waals surface area (Å²) in [5, 5.41) is 3.12. The Bertz CT molecular complexity index is 719. The third-order valence-corrected chi connectivity index (χ3v) is 4.89. The van der Waals surface area contributed by atoms with Crippen LogP contribution in [-0.2, 0) is 6.54 Å². The van der Waals surface area contributed by atoms with E-state index in [0.29, 0.717) is 6.04 Å². The number of hydrogen-bond acceptors (Lipinski definition) is 2. The van der Waals surface area contributed by atoms with Crippen LogP contribution < -0.4 is 15.8 Å². The van der Waals surface area contributed by atoms with Crippen molar-refractivity contribution in [1.29, 1.82) is 0 Å². The maximum atomic E-state index is 12.9. The van der Waals surface area contributed by atoms with Gasteiger partial charge >= 0.3 is 0 Å². The zero-order valence-corrected chi connectivity index (χ0v) is 14.2. The largest absolute Gasteiger partial charge is 0.337 e. The number of nitrogens with zero attached hydrogens (tertiary/aromatic N) is 2. The van der Waals surface area contributed by atoms with Crippen molar-refractivity contribution < 1.29 is 10.2 Å². The molecule has 1 aliphatic heterocycles. The molecule has 2 aromatic rings. The monoisotopic (exact) mass is 316 g/mol. The first-order valence-corrected chi connectivity index (χ1v) is 8.92. The van der Waals surface area contributed by atoms with Gasteiger partial charge in [0, 0.05) is 13.0 Å². The maximum Gasteiger partial charge on any atom is 0.261 e. The third kappa shape index (κ3) is 3.16. The van der Waals surface area contributed by atoms with Gasteiger partial charge in [-0.05, 0) is 18.6 Å². The van der Waals surface area contributed by atoms with E-state index in [1.54, 1.807) is 4.90 Å². The van der Waals surface area contributed by atoms with Crippen LogP contribution in [0.4, 0.5) is 0 Å². The first-order chi connectivity index (χ1) is 11.3. The van der Waals surface area contributed by atoms with E-state index in [0.717, 1.165) is 62.3 Å². The molecule has 0 bridgehead atoms. The molecule has 2 heterocycles. The average Bonchev–Trinajstić information content (AvgIpc) is 2.60. The molecule has 1 saturated heterocycles. The standard InChI is InChI=1S/C18H26N4O/c1-3-11-22-17(16(4-2)21-12-9-19-10-13-21)20-15-8-6-5-7-14(15)18(22)23/h5-8,16,19H,3-4,9-13H2,1-2H3/p+2/t16-/m1/s1. The zero-order chi connectivity index (χ0) is 16.2. The molecule has 0 unspecified atom stereocenters. The van der Waals surface area contributed by atoms with Gasteiger partial charge in [0.2, 0.25) is 0 Å². The molecule has 3 rings (SSSR count).